The number of fused-ring (bicyclic) bond motifs is 1. The molecule has 0 bridgehead atoms. The molecule has 0 atom stereocenters. The van der Waals surface area contributed by atoms with Gasteiger partial charge in [0.15, 0.2) is 0 Å². The minimum Gasteiger partial charge on any atom is -0.385 e. The molecule has 0 saturated carbocycles. The highest BCUT2D eigenvalue weighted by atomic mass is 16.2. The largest absolute Gasteiger partial charge is 0.385 e. The van der Waals surface area contributed by atoms with E-state index in [0.29, 0.717) is 30.7 Å². The summed E-state index contributed by atoms with van der Waals surface area (Å²) in [5.74, 6) is -0.213. The van der Waals surface area contributed by atoms with E-state index in [1.54, 1.807) is 6.07 Å². The van der Waals surface area contributed by atoms with Crippen LogP contribution in [-0.2, 0) is 16.1 Å². The van der Waals surface area contributed by atoms with Crippen LogP contribution in [0.15, 0.2) is 18.2 Å². The maximum Gasteiger partial charge on any atom is 0.273 e. The summed E-state index contributed by atoms with van der Waals surface area (Å²) < 4.78 is 0. The lowest BCUT2D eigenvalue weighted by molar-refractivity contribution is -0.163. The molecule has 1 aromatic rings. The molecule has 0 aromatic heterocycles. The number of piperidine rings is 1. The summed E-state index contributed by atoms with van der Waals surface area (Å²) in [6.07, 6.45) is 1.19. The van der Waals surface area contributed by atoms with Gasteiger partial charge in [-0.25, -0.2) is 5.01 Å². The Morgan fingerprint density at radius 2 is 1.88 bits per heavy atom. The van der Waals surface area contributed by atoms with Crippen LogP contribution >= 0.6 is 0 Å². The zero-order valence-corrected chi connectivity index (χ0v) is 13.4. The van der Waals surface area contributed by atoms with Crippen molar-refractivity contribution >= 4 is 23.4 Å². The van der Waals surface area contributed by atoms with Crippen molar-refractivity contribution in [2.75, 3.05) is 25.0 Å². The first-order valence-electron chi connectivity index (χ1n) is 8.38. The number of anilines is 1. The SMILES string of the molecule is O=C1c2ccc(NCC3CNC3)cc2CN1N1C(=O)CCCC1=O. The molecule has 126 valence electrons. The van der Waals surface area contributed by atoms with E-state index in [-0.39, 0.29) is 24.3 Å². The van der Waals surface area contributed by atoms with Gasteiger partial charge in [-0.05, 0) is 30.2 Å². The molecule has 2 N–H and O–H groups in total. The van der Waals surface area contributed by atoms with Crippen LogP contribution in [0, 0.1) is 5.92 Å². The maximum atomic E-state index is 12.6. The van der Waals surface area contributed by atoms with Gasteiger partial charge in [-0.15, -0.1) is 0 Å². The molecule has 24 heavy (non-hydrogen) atoms. The number of nitrogens with zero attached hydrogens (tertiary/aromatic N) is 2. The van der Waals surface area contributed by atoms with Gasteiger partial charge in [0.2, 0.25) is 11.8 Å². The van der Waals surface area contributed by atoms with E-state index in [1.807, 2.05) is 12.1 Å². The van der Waals surface area contributed by atoms with Crippen LogP contribution in [-0.4, -0.2) is 47.4 Å². The average Bonchev–Trinajstić information content (AvgIpc) is 2.82. The van der Waals surface area contributed by atoms with Gasteiger partial charge in [-0.1, -0.05) is 0 Å². The molecule has 3 heterocycles. The second-order valence-electron chi connectivity index (χ2n) is 6.59. The van der Waals surface area contributed by atoms with Gasteiger partial charge in [0.05, 0.1) is 6.54 Å². The molecule has 0 spiro atoms. The smallest absolute Gasteiger partial charge is 0.273 e. The van der Waals surface area contributed by atoms with Crippen LogP contribution in [0.4, 0.5) is 5.69 Å². The fourth-order valence-electron chi connectivity index (χ4n) is 3.34. The zero-order chi connectivity index (χ0) is 16.7. The monoisotopic (exact) mass is 328 g/mol. The molecule has 1 aromatic carbocycles. The molecule has 3 aliphatic heterocycles. The standard InChI is InChI=1S/C17H20N4O3/c22-15-2-1-3-16(23)21(15)20-10-12-6-13(4-5-14(12)17(20)24)19-9-11-7-18-8-11/h4-6,11,18-19H,1-3,7-10H2. The van der Waals surface area contributed by atoms with Crippen LogP contribution in [0.2, 0.25) is 0 Å². The second-order valence-corrected chi connectivity index (χ2v) is 6.59. The Labute approximate surface area is 140 Å². The van der Waals surface area contributed by atoms with E-state index in [2.05, 4.69) is 10.6 Å². The number of carbonyl (C=O) groups is 3. The van der Waals surface area contributed by atoms with Gasteiger partial charge in [-0.3, -0.25) is 14.4 Å². The average molecular weight is 328 g/mol. The van der Waals surface area contributed by atoms with E-state index in [1.165, 1.54) is 5.01 Å². The number of amides is 3. The van der Waals surface area contributed by atoms with Crippen molar-refractivity contribution in [2.45, 2.75) is 25.8 Å². The Bertz CT molecular complexity index is 698. The molecule has 2 saturated heterocycles. The number of benzene rings is 1. The van der Waals surface area contributed by atoms with Crippen molar-refractivity contribution in [2.24, 2.45) is 5.92 Å². The highest BCUT2D eigenvalue weighted by Crippen LogP contribution is 2.29. The Balaban J connectivity index is 1.51. The highest BCUT2D eigenvalue weighted by Gasteiger charge is 2.39. The van der Waals surface area contributed by atoms with Crippen LogP contribution < -0.4 is 10.6 Å². The molecule has 3 aliphatic rings. The predicted octanol–water partition coefficient (Wildman–Crippen LogP) is 0.728. The summed E-state index contributed by atoms with van der Waals surface area (Å²) in [6, 6.07) is 5.60. The first-order valence-corrected chi connectivity index (χ1v) is 8.38. The molecule has 3 amide bonds. The van der Waals surface area contributed by atoms with Crippen LogP contribution in [0.5, 0.6) is 0 Å². The van der Waals surface area contributed by atoms with Gasteiger partial charge in [0, 0.05) is 49.6 Å². The zero-order valence-electron chi connectivity index (χ0n) is 13.4. The summed E-state index contributed by atoms with van der Waals surface area (Å²) >= 11 is 0. The Morgan fingerprint density at radius 1 is 1.12 bits per heavy atom. The molecule has 0 aliphatic carbocycles. The summed E-state index contributed by atoms with van der Waals surface area (Å²) in [5.41, 5.74) is 2.38. The van der Waals surface area contributed by atoms with E-state index in [0.717, 1.165) is 35.9 Å². The number of imide groups is 1. The van der Waals surface area contributed by atoms with Crippen LogP contribution in [0.1, 0.15) is 35.2 Å². The third-order valence-corrected chi connectivity index (χ3v) is 4.85. The highest BCUT2D eigenvalue weighted by molar-refractivity contribution is 6.04. The van der Waals surface area contributed by atoms with E-state index in [4.69, 9.17) is 0 Å². The Morgan fingerprint density at radius 3 is 2.54 bits per heavy atom. The topological polar surface area (TPSA) is 81.8 Å². The lowest BCUT2D eigenvalue weighted by Crippen LogP contribution is -2.51. The molecule has 2 fully saturated rings. The van der Waals surface area contributed by atoms with Gasteiger partial charge in [-0.2, -0.15) is 5.01 Å². The fourth-order valence-corrected chi connectivity index (χ4v) is 3.34. The lowest BCUT2D eigenvalue weighted by atomic mass is 10.0. The van der Waals surface area contributed by atoms with Gasteiger partial charge >= 0.3 is 0 Å². The van der Waals surface area contributed by atoms with Crippen molar-refractivity contribution in [3.63, 3.8) is 0 Å². The first-order chi connectivity index (χ1) is 11.6. The fraction of sp³-hybridized carbons (Fsp3) is 0.471. The van der Waals surface area contributed by atoms with E-state index >= 15 is 0 Å². The van der Waals surface area contributed by atoms with Crippen LogP contribution in [0.3, 0.4) is 0 Å². The summed E-state index contributed by atoms with van der Waals surface area (Å²) in [4.78, 5) is 36.7. The molecule has 0 unspecified atom stereocenters. The summed E-state index contributed by atoms with van der Waals surface area (Å²) in [6.45, 7) is 3.23. The van der Waals surface area contributed by atoms with Crippen molar-refractivity contribution in [3.8, 4) is 0 Å². The molecule has 7 nitrogen and oxygen atoms in total. The molecular formula is C17H20N4O3. The number of hydrazine groups is 1. The van der Waals surface area contributed by atoms with Gasteiger partial charge in [0.25, 0.3) is 5.91 Å². The number of rotatable bonds is 4. The van der Waals surface area contributed by atoms with Crippen molar-refractivity contribution in [1.29, 1.82) is 0 Å². The normalized spacial score (nSPS) is 21.1. The molecular weight excluding hydrogens is 308 g/mol. The van der Waals surface area contributed by atoms with E-state index in [9.17, 15) is 14.4 Å². The quantitative estimate of drug-likeness (QED) is 0.796. The number of hydrogen-bond donors (Lipinski definition) is 2. The number of carbonyl (C=O) groups excluding carboxylic acids is 3. The van der Waals surface area contributed by atoms with Crippen molar-refractivity contribution in [1.82, 2.24) is 15.3 Å². The van der Waals surface area contributed by atoms with Gasteiger partial charge < -0.3 is 10.6 Å². The van der Waals surface area contributed by atoms with Gasteiger partial charge in [0.1, 0.15) is 0 Å². The molecule has 7 heteroatoms. The minimum absolute atomic E-state index is 0.270. The lowest BCUT2D eigenvalue weighted by Gasteiger charge is -2.32. The van der Waals surface area contributed by atoms with Crippen molar-refractivity contribution < 1.29 is 14.4 Å². The molecule has 4 rings (SSSR count). The Kier molecular flexibility index (Phi) is 3.72. The van der Waals surface area contributed by atoms with Crippen molar-refractivity contribution in [3.05, 3.63) is 29.3 Å². The third kappa shape index (κ3) is 2.54. The Hall–Kier alpha value is -2.41. The molecule has 0 radical (unpaired) electrons. The first kappa shape index (κ1) is 15.1. The predicted molar refractivity (Wildman–Crippen MR) is 86.9 cm³/mol. The summed E-state index contributed by atoms with van der Waals surface area (Å²) in [7, 11) is 0. The summed E-state index contributed by atoms with van der Waals surface area (Å²) in [5, 5.41) is 8.95. The maximum absolute atomic E-state index is 12.6. The number of nitrogens with one attached hydrogen (secondary N) is 2. The van der Waals surface area contributed by atoms with Crippen LogP contribution in [0.25, 0.3) is 0 Å². The third-order valence-electron chi connectivity index (χ3n) is 4.85. The minimum atomic E-state index is -0.289. The van der Waals surface area contributed by atoms with E-state index < -0.39 is 0 Å². The number of hydrogen-bond acceptors (Lipinski definition) is 5. The second kappa shape index (κ2) is 5.90.